The number of nitrogens with zero attached hydrogens (tertiary/aromatic N) is 1. The first kappa shape index (κ1) is 10.2. The van der Waals surface area contributed by atoms with Crippen molar-refractivity contribution in [2.45, 2.75) is 25.9 Å². The van der Waals surface area contributed by atoms with Crippen molar-refractivity contribution in [2.75, 3.05) is 6.61 Å². The van der Waals surface area contributed by atoms with Crippen LogP contribution in [0.1, 0.15) is 25.0 Å². The van der Waals surface area contributed by atoms with Crippen LogP contribution in [-0.4, -0.2) is 6.61 Å². The zero-order chi connectivity index (χ0) is 10.9. The van der Waals surface area contributed by atoms with Gasteiger partial charge in [-0.25, -0.2) is 0 Å². The molecule has 1 saturated heterocycles. The fourth-order valence-corrected chi connectivity index (χ4v) is 1.75. The summed E-state index contributed by atoms with van der Waals surface area (Å²) in [6.45, 7) is 4.94. The molecule has 78 valence electrons. The van der Waals surface area contributed by atoms with Gasteiger partial charge in [-0.05, 0) is 17.9 Å². The summed E-state index contributed by atoms with van der Waals surface area (Å²) in [5.41, 5.74) is 1.68. The molecular weight excluding hydrogens is 186 g/mol. The lowest BCUT2D eigenvalue weighted by atomic mass is 9.97. The second-order valence-corrected chi connectivity index (χ2v) is 4.52. The summed E-state index contributed by atoms with van der Waals surface area (Å²) in [5.74, 6) is 0.665. The first-order chi connectivity index (χ1) is 7.16. The van der Waals surface area contributed by atoms with E-state index in [-0.39, 0.29) is 0 Å². The van der Waals surface area contributed by atoms with Crippen LogP contribution in [0.2, 0.25) is 0 Å². The molecule has 0 bridgehead atoms. The van der Waals surface area contributed by atoms with Gasteiger partial charge in [0.05, 0.1) is 6.61 Å². The van der Waals surface area contributed by atoms with E-state index in [0.717, 1.165) is 12.0 Å². The molecule has 0 radical (unpaired) electrons. The Morgan fingerprint density at radius 2 is 2.00 bits per heavy atom. The van der Waals surface area contributed by atoms with Crippen molar-refractivity contribution in [3.05, 3.63) is 35.4 Å². The van der Waals surface area contributed by atoms with Crippen molar-refractivity contribution in [1.29, 1.82) is 5.26 Å². The fourth-order valence-electron chi connectivity index (χ4n) is 1.75. The Kier molecular flexibility index (Phi) is 2.50. The van der Waals surface area contributed by atoms with E-state index in [4.69, 9.17) is 10.00 Å². The van der Waals surface area contributed by atoms with Crippen LogP contribution in [-0.2, 0) is 16.8 Å². The number of epoxide rings is 1. The number of nitriles is 1. The van der Waals surface area contributed by atoms with Crippen LogP contribution >= 0.6 is 0 Å². The summed E-state index contributed by atoms with van der Waals surface area (Å²) in [7, 11) is 0. The Balaban J connectivity index is 2.15. The van der Waals surface area contributed by atoms with Gasteiger partial charge in [0, 0.05) is 5.56 Å². The minimum Gasteiger partial charge on any atom is -0.349 e. The van der Waals surface area contributed by atoms with E-state index >= 15 is 0 Å². The highest BCUT2D eigenvalue weighted by Crippen LogP contribution is 2.37. The van der Waals surface area contributed by atoms with E-state index in [0.29, 0.717) is 12.5 Å². The minimum atomic E-state index is -0.629. The Bertz CT molecular complexity index is 382. The molecule has 2 rings (SSSR count). The summed E-state index contributed by atoms with van der Waals surface area (Å²) in [4.78, 5) is 0. The van der Waals surface area contributed by atoms with E-state index in [2.05, 4.69) is 32.0 Å². The SMILES string of the molecule is CC(C)Cc1ccc(C2(C#N)CO2)cc1. The molecule has 0 amide bonds. The van der Waals surface area contributed by atoms with Gasteiger partial charge in [0.1, 0.15) is 6.07 Å². The highest BCUT2D eigenvalue weighted by molar-refractivity contribution is 5.35. The zero-order valence-electron chi connectivity index (χ0n) is 9.16. The van der Waals surface area contributed by atoms with Crippen LogP contribution in [0.5, 0.6) is 0 Å². The summed E-state index contributed by atoms with van der Waals surface area (Å²) in [6.07, 6.45) is 1.08. The van der Waals surface area contributed by atoms with Crippen LogP contribution in [0.3, 0.4) is 0 Å². The Hall–Kier alpha value is -1.33. The molecular formula is C13H15NO. The van der Waals surface area contributed by atoms with Gasteiger partial charge in [-0.2, -0.15) is 5.26 Å². The smallest absolute Gasteiger partial charge is 0.203 e. The summed E-state index contributed by atoms with van der Waals surface area (Å²) < 4.78 is 5.19. The maximum atomic E-state index is 8.95. The molecule has 1 aliphatic heterocycles. The molecule has 1 aromatic carbocycles. The number of hydrogen-bond donors (Lipinski definition) is 0. The number of ether oxygens (including phenoxy) is 1. The Labute approximate surface area is 90.5 Å². The van der Waals surface area contributed by atoms with Crippen molar-refractivity contribution in [2.24, 2.45) is 5.92 Å². The first-order valence-electron chi connectivity index (χ1n) is 5.31. The van der Waals surface area contributed by atoms with Gasteiger partial charge in [-0.1, -0.05) is 38.1 Å². The summed E-state index contributed by atoms with van der Waals surface area (Å²) in [6, 6.07) is 10.4. The minimum absolute atomic E-state index is 0.535. The van der Waals surface area contributed by atoms with E-state index in [1.54, 1.807) is 0 Å². The van der Waals surface area contributed by atoms with E-state index in [1.165, 1.54) is 5.56 Å². The number of rotatable bonds is 3. The van der Waals surface area contributed by atoms with Gasteiger partial charge in [0.2, 0.25) is 5.60 Å². The van der Waals surface area contributed by atoms with E-state index in [1.807, 2.05) is 12.1 Å². The quantitative estimate of drug-likeness (QED) is 0.705. The molecule has 1 unspecified atom stereocenters. The molecule has 2 nitrogen and oxygen atoms in total. The highest BCUT2D eigenvalue weighted by Gasteiger charge is 2.47. The highest BCUT2D eigenvalue weighted by atomic mass is 16.6. The lowest BCUT2D eigenvalue weighted by Crippen LogP contribution is -2.05. The summed E-state index contributed by atoms with van der Waals surface area (Å²) >= 11 is 0. The number of benzene rings is 1. The average molecular weight is 201 g/mol. The third-order valence-corrected chi connectivity index (χ3v) is 2.68. The van der Waals surface area contributed by atoms with E-state index in [9.17, 15) is 0 Å². The van der Waals surface area contributed by atoms with Crippen LogP contribution in [0, 0.1) is 17.2 Å². The maximum absolute atomic E-state index is 8.95. The monoisotopic (exact) mass is 201 g/mol. The largest absolute Gasteiger partial charge is 0.349 e. The van der Waals surface area contributed by atoms with Crippen LogP contribution in [0.4, 0.5) is 0 Å². The third-order valence-electron chi connectivity index (χ3n) is 2.68. The van der Waals surface area contributed by atoms with Crippen LogP contribution < -0.4 is 0 Å². The van der Waals surface area contributed by atoms with Gasteiger partial charge in [0.15, 0.2) is 0 Å². The van der Waals surface area contributed by atoms with Crippen LogP contribution in [0.25, 0.3) is 0 Å². The Morgan fingerprint density at radius 1 is 1.40 bits per heavy atom. The molecule has 0 spiro atoms. The molecule has 1 aromatic rings. The molecule has 1 fully saturated rings. The maximum Gasteiger partial charge on any atom is 0.203 e. The normalized spacial score (nSPS) is 23.9. The lowest BCUT2D eigenvalue weighted by molar-refractivity contribution is 0.363. The standard InChI is InChI=1S/C13H15NO/c1-10(2)7-11-3-5-12(6-4-11)13(8-14)9-15-13/h3-6,10H,7,9H2,1-2H3. The second kappa shape index (κ2) is 3.67. The molecule has 0 N–H and O–H groups in total. The van der Waals surface area contributed by atoms with Crippen molar-refractivity contribution >= 4 is 0 Å². The average Bonchev–Trinajstić information content (AvgIpc) is 2.99. The predicted octanol–water partition coefficient (Wildman–Crippen LogP) is 2.63. The third kappa shape index (κ3) is 2.03. The number of hydrogen-bond acceptors (Lipinski definition) is 2. The van der Waals surface area contributed by atoms with Gasteiger partial charge in [-0.3, -0.25) is 0 Å². The molecule has 1 heterocycles. The molecule has 0 aliphatic carbocycles. The molecule has 15 heavy (non-hydrogen) atoms. The topological polar surface area (TPSA) is 36.3 Å². The first-order valence-corrected chi connectivity index (χ1v) is 5.31. The van der Waals surface area contributed by atoms with Gasteiger partial charge in [0.25, 0.3) is 0 Å². The lowest BCUT2D eigenvalue weighted by Gasteiger charge is -2.07. The van der Waals surface area contributed by atoms with Crippen molar-refractivity contribution in [1.82, 2.24) is 0 Å². The van der Waals surface area contributed by atoms with Crippen molar-refractivity contribution < 1.29 is 4.74 Å². The van der Waals surface area contributed by atoms with E-state index < -0.39 is 5.60 Å². The molecule has 0 aromatic heterocycles. The molecule has 2 heteroatoms. The fraction of sp³-hybridized carbons (Fsp3) is 0.462. The Morgan fingerprint density at radius 3 is 2.40 bits per heavy atom. The van der Waals surface area contributed by atoms with Gasteiger partial charge >= 0.3 is 0 Å². The van der Waals surface area contributed by atoms with Crippen molar-refractivity contribution in [3.8, 4) is 6.07 Å². The van der Waals surface area contributed by atoms with Gasteiger partial charge < -0.3 is 4.74 Å². The molecule has 1 aliphatic rings. The molecule has 0 saturated carbocycles. The predicted molar refractivity (Wildman–Crippen MR) is 58.2 cm³/mol. The molecule has 1 atom stereocenters. The second-order valence-electron chi connectivity index (χ2n) is 4.52. The van der Waals surface area contributed by atoms with Gasteiger partial charge in [-0.15, -0.1) is 0 Å². The van der Waals surface area contributed by atoms with Crippen molar-refractivity contribution in [3.63, 3.8) is 0 Å². The zero-order valence-corrected chi connectivity index (χ0v) is 9.16. The summed E-state index contributed by atoms with van der Waals surface area (Å²) in [5, 5.41) is 8.95. The van der Waals surface area contributed by atoms with Crippen LogP contribution in [0.15, 0.2) is 24.3 Å².